The molecule has 0 fully saturated rings. The zero-order valence-electron chi connectivity index (χ0n) is 8.11. The van der Waals surface area contributed by atoms with E-state index in [0.717, 1.165) is 0 Å². The van der Waals surface area contributed by atoms with Gasteiger partial charge >= 0.3 is 5.97 Å². The number of nitrogen functional groups attached to an aromatic ring is 1. The summed E-state index contributed by atoms with van der Waals surface area (Å²) in [6, 6.07) is 6.46. The zero-order chi connectivity index (χ0) is 11.5. The van der Waals surface area contributed by atoms with E-state index in [0.29, 0.717) is 0 Å². The number of rotatable bonds is 2. The van der Waals surface area contributed by atoms with Gasteiger partial charge in [-0.25, -0.2) is 9.18 Å². The second kappa shape index (κ2) is 4.01. The van der Waals surface area contributed by atoms with Crippen LogP contribution in [-0.2, 0) is 0 Å². The van der Waals surface area contributed by atoms with Crippen LogP contribution < -0.4 is 10.5 Å². The molecular weight excluding hydrogens is 213 g/mol. The highest BCUT2D eigenvalue weighted by Gasteiger charge is 2.11. The molecule has 0 radical (unpaired) electrons. The number of nitrogens with two attached hydrogens (primary N) is 1. The van der Waals surface area contributed by atoms with E-state index in [-0.39, 0.29) is 17.3 Å². The lowest BCUT2D eigenvalue weighted by Gasteiger charge is -2.01. The maximum Gasteiger partial charge on any atom is 0.361 e. The van der Waals surface area contributed by atoms with Crippen molar-refractivity contribution in [3.05, 3.63) is 41.8 Å². The number of aromatic nitrogens is 2. The van der Waals surface area contributed by atoms with Gasteiger partial charge in [0.2, 0.25) is 0 Å². The Balaban J connectivity index is 2.10. The zero-order valence-corrected chi connectivity index (χ0v) is 8.11. The summed E-state index contributed by atoms with van der Waals surface area (Å²) in [5.74, 6) is -0.577. The van der Waals surface area contributed by atoms with E-state index in [1.807, 2.05) is 0 Å². The molecule has 6 heteroatoms. The van der Waals surface area contributed by atoms with Crippen LogP contribution in [0.2, 0.25) is 0 Å². The Kier molecular flexibility index (Phi) is 2.55. The standard InChI is InChI=1S/C10H8FN3O2/c11-6-1-3-7(4-2-6)16-10(15)8-5-9(12)14-13-8/h1-5H,(H3,12,13,14). The molecule has 0 aliphatic rings. The van der Waals surface area contributed by atoms with Crippen molar-refractivity contribution in [1.29, 1.82) is 0 Å². The molecule has 1 aromatic heterocycles. The topological polar surface area (TPSA) is 81.0 Å². The van der Waals surface area contributed by atoms with Gasteiger partial charge < -0.3 is 10.5 Å². The fraction of sp³-hybridized carbons (Fsp3) is 0. The van der Waals surface area contributed by atoms with Crippen molar-refractivity contribution in [3.8, 4) is 5.75 Å². The van der Waals surface area contributed by atoms with Crippen molar-refractivity contribution >= 4 is 11.8 Å². The highest BCUT2D eigenvalue weighted by molar-refractivity contribution is 5.89. The van der Waals surface area contributed by atoms with Crippen LogP contribution >= 0.6 is 0 Å². The minimum atomic E-state index is -0.629. The van der Waals surface area contributed by atoms with Gasteiger partial charge in [0.1, 0.15) is 23.1 Å². The van der Waals surface area contributed by atoms with Gasteiger partial charge in [0.15, 0.2) is 0 Å². The number of nitrogens with zero attached hydrogens (tertiary/aromatic N) is 1. The Labute approximate surface area is 90.0 Å². The molecule has 0 unspecified atom stereocenters. The Hall–Kier alpha value is -2.37. The molecule has 1 heterocycles. The minimum Gasteiger partial charge on any atom is -0.422 e. The first kappa shape index (κ1) is 10.2. The van der Waals surface area contributed by atoms with Crippen molar-refractivity contribution in [2.45, 2.75) is 0 Å². The van der Waals surface area contributed by atoms with E-state index >= 15 is 0 Å². The first-order valence-electron chi connectivity index (χ1n) is 4.44. The first-order chi connectivity index (χ1) is 7.65. The Morgan fingerprint density at radius 1 is 1.38 bits per heavy atom. The lowest BCUT2D eigenvalue weighted by molar-refractivity contribution is 0.0728. The summed E-state index contributed by atoms with van der Waals surface area (Å²) < 4.78 is 17.5. The number of halogens is 1. The van der Waals surface area contributed by atoms with Crippen LogP contribution in [0.15, 0.2) is 30.3 Å². The quantitative estimate of drug-likeness (QED) is 0.592. The molecule has 2 aromatic rings. The van der Waals surface area contributed by atoms with Crippen LogP contribution in [-0.4, -0.2) is 16.2 Å². The van der Waals surface area contributed by atoms with E-state index in [1.165, 1.54) is 30.3 Å². The SMILES string of the molecule is Nc1cc(C(=O)Oc2ccc(F)cc2)[nH]n1. The predicted octanol–water partition coefficient (Wildman–Crippen LogP) is 1.35. The fourth-order valence-corrected chi connectivity index (χ4v) is 1.11. The summed E-state index contributed by atoms with van der Waals surface area (Å²) >= 11 is 0. The number of benzene rings is 1. The van der Waals surface area contributed by atoms with Crippen LogP contribution in [0, 0.1) is 5.82 Å². The molecule has 0 bridgehead atoms. The number of anilines is 1. The summed E-state index contributed by atoms with van der Waals surface area (Å²) in [4.78, 5) is 11.5. The lowest BCUT2D eigenvalue weighted by atomic mass is 10.3. The highest BCUT2D eigenvalue weighted by Crippen LogP contribution is 2.13. The van der Waals surface area contributed by atoms with Crippen LogP contribution in [0.3, 0.4) is 0 Å². The average molecular weight is 221 g/mol. The van der Waals surface area contributed by atoms with Gasteiger partial charge in [0.05, 0.1) is 0 Å². The number of esters is 1. The third-order valence-corrected chi connectivity index (χ3v) is 1.84. The minimum absolute atomic E-state index is 0.141. The normalized spacial score (nSPS) is 10.1. The Morgan fingerprint density at radius 3 is 2.62 bits per heavy atom. The van der Waals surface area contributed by atoms with Crippen LogP contribution in [0.5, 0.6) is 5.75 Å². The molecule has 0 amide bonds. The highest BCUT2D eigenvalue weighted by atomic mass is 19.1. The summed E-state index contributed by atoms with van der Waals surface area (Å²) in [7, 11) is 0. The summed E-state index contributed by atoms with van der Waals surface area (Å²) in [6.07, 6.45) is 0. The van der Waals surface area contributed by atoms with Crippen molar-refractivity contribution < 1.29 is 13.9 Å². The van der Waals surface area contributed by atoms with Crippen LogP contribution in [0.1, 0.15) is 10.5 Å². The second-order valence-corrected chi connectivity index (χ2v) is 3.05. The number of ether oxygens (including phenoxy) is 1. The third-order valence-electron chi connectivity index (χ3n) is 1.84. The van der Waals surface area contributed by atoms with E-state index < -0.39 is 11.8 Å². The molecule has 0 aliphatic heterocycles. The molecule has 0 atom stereocenters. The average Bonchev–Trinajstić information content (AvgIpc) is 2.68. The Morgan fingerprint density at radius 2 is 2.06 bits per heavy atom. The van der Waals surface area contributed by atoms with Crippen molar-refractivity contribution in [2.75, 3.05) is 5.73 Å². The summed E-state index contributed by atoms with van der Waals surface area (Å²) in [5.41, 5.74) is 5.47. The third kappa shape index (κ3) is 2.17. The van der Waals surface area contributed by atoms with E-state index in [1.54, 1.807) is 0 Å². The largest absolute Gasteiger partial charge is 0.422 e. The molecule has 16 heavy (non-hydrogen) atoms. The summed E-state index contributed by atoms with van der Waals surface area (Å²) in [6.45, 7) is 0. The molecule has 2 rings (SSSR count). The molecular formula is C10H8FN3O2. The van der Waals surface area contributed by atoms with Gasteiger partial charge in [-0.15, -0.1) is 0 Å². The summed E-state index contributed by atoms with van der Waals surface area (Å²) in [5, 5.41) is 6.00. The number of H-pyrrole nitrogens is 1. The maximum atomic E-state index is 12.6. The fourth-order valence-electron chi connectivity index (χ4n) is 1.11. The van der Waals surface area contributed by atoms with Crippen molar-refractivity contribution in [2.24, 2.45) is 0 Å². The van der Waals surface area contributed by atoms with Crippen molar-refractivity contribution in [1.82, 2.24) is 10.2 Å². The predicted molar refractivity (Wildman–Crippen MR) is 54.4 cm³/mol. The lowest BCUT2D eigenvalue weighted by Crippen LogP contribution is -2.08. The number of hydrogen-bond donors (Lipinski definition) is 2. The first-order valence-corrected chi connectivity index (χ1v) is 4.44. The van der Waals surface area contributed by atoms with Crippen molar-refractivity contribution in [3.63, 3.8) is 0 Å². The number of carbonyl (C=O) groups excluding carboxylic acids is 1. The number of aromatic amines is 1. The number of carbonyl (C=O) groups is 1. The number of hydrogen-bond acceptors (Lipinski definition) is 4. The second-order valence-electron chi connectivity index (χ2n) is 3.05. The van der Waals surface area contributed by atoms with Crippen LogP contribution in [0.4, 0.5) is 10.2 Å². The van der Waals surface area contributed by atoms with Gasteiger partial charge in [-0.3, -0.25) is 5.10 Å². The molecule has 0 saturated heterocycles. The van der Waals surface area contributed by atoms with Gasteiger partial charge in [-0.2, -0.15) is 5.10 Å². The van der Waals surface area contributed by atoms with Gasteiger partial charge in [0, 0.05) is 6.07 Å². The maximum absolute atomic E-state index is 12.6. The van der Waals surface area contributed by atoms with E-state index in [2.05, 4.69) is 10.2 Å². The molecule has 3 N–H and O–H groups in total. The molecule has 82 valence electrons. The van der Waals surface area contributed by atoms with E-state index in [4.69, 9.17) is 10.5 Å². The Bertz CT molecular complexity index is 507. The molecule has 0 saturated carbocycles. The van der Waals surface area contributed by atoms with Gasteiger partial charge in [-0.05, 0) is 24.3 Å². The molecule has 0 spiro atoms. The smallest absolute Gasteiger partial charge is 0.361 e. The van der Waals surface area contributed by atoms with Gasteiger partial charge in [0.25, 0.3) is 0 Å². The van der Waals surface area contributed by atoms with E-state index in [9.17, 15) is 9.18 Å². The van der Waals surface area contributed by atoms with Gasteiger partial charge in [-0.1, -0.05) is 0 Å². The monoisotopic (exact) mass is 221 g/mol. The molecule has 1 aromatic carbocycles. The number of nitrogens with one attached hydrogen (secondary N) is 1. The molecule has 5 nitrogen and oxygen atoms in total. The van der Waals surface area contributed by atoms with Crippen LogP contribution in [0.25, 0.3) is 0 Å². The molecule has 0 aliphatic carbocycles.